The van der Waals surface area contributed by atoms with Crippen molar-refractivity contribution in [3.05, 3.63) is 35.2 Å². The van der Waals surface area contributed by atoms with Gasteiger partial charge in [0.25, 0.3) is 0 Å². The average Bonchev–Trinajstić information content (AvgIpc) is 2.55. The first kappa shape index (κ1) is 17.9. The Morgan fingerprint density at radius 1 is 1.44 bits per heavy atom. The van der Waals surface area contributed by atoms with E-state index in [1.165, 1.54) is 12.3 Å². The van der Waals surface area contributed by atoms with Crippen molar-refractivity contribution in [2.45, 2.75) is 32.3 Å². The number of nitrogens with one attached hydrogen (secondary N) is 1. The summed E-state index contributed by atoms with van der Waals surface area (Å²) >= 11 is 6.17. The third kappa shape index (κ3) is 4.38. The number of halogens is 2. The van der Waals surface area contributed by atoms with E-state index in [1.54, 1.807) is 12.1 Å². The van der Waals surface area contributed by atoms with Crippen LogP contribution in [0.3, 0.4) is 0 Å². The van der Waals surface area contributed by atoms with Crippen LogP contribution in [0.25, 0.3) is 11.3 Å². The lowest BCUT2D eigenvalue weighted by molar-refractivity contribution is -0.0699. The van der Waals surface area contributed by atoms with Gasteiger partial charge in [-0.2, -0.15) is 0 Å². The minimum absolute atomic E-state index is 0.138. The molecule has 7 heteroatoms. The SMILES string of the molecule is CC1(C)CC(CNc2nc(-c3cc(N)ncc3Cl)ccc2F)CCO1. The van der Waals surface area contributed by atoms with E-state index in [1.807, 2.05) is 0 Å². The van der Waals surface area contributed by atoms with E-state index in [2.05, 4.69) is 29.1 Å². The van der Waals surface area contributed by atoms with Gasteiger partial charge >= 0.3 is 0 Å². The van der Waals surface area contributed by atoms with E-state index in [9.17, 15) is 4.39 Å². The maximum absolute atomic E-state index is 14.2. The smallest absolute Gasteiger partial charge is 0.165 e. The molecule has 0 aromatic carbocycles. The van der Waals surface area contributed by atoms with Crippen LogP contribution in [0.1, 0.15) is 26.7 Å². The molecule has 1 atom stereocenters. The number of hydrogen-bond acceptors (Lipinski definition) is 5. The predicted molar refractivity (Wildman–Crippen MR) is 98.1 cm³/mol. The number of hydrogen-bond donors (Lipinski definition) is 2. The molecule has 0 radical (unpaired) electrons. The summed E-state index contributed by atoms with van der Waals surface area (Å²) in [7, 11) is 0. The van der Waals surface area contributed by atoms with Gasteiger partial charge in [0.05, 0.1) is 16.3 Å². The molecule has 5 nitrogen and oxygen atoms in total. The van der Waals surface area contributed by atoms with Gasteiger partial charge in [-0.05, 0) is 50.8 Å². The third-order valence-electron chi connectivity index (χ3n) is 4.36. The molecule has 3 heterocycles. The molecule has 134 valence electrons. The van der Waals surface area contributed by atoms with Gasteiger partial charge < -0.3 is 15.8 Å². The predicted octanol–water partition coefficient (Wildman–Crippen LogP) is 4.14. The zero-order valence-corrected chi connectivity index (χ0v) is 15.1. The number of ether oxygens (including phenoxy) is 1. The summed E-state index contributed by atoms with van der Waals surface area (Å²) in [5.74, 6) is 0.569. The summed E-state index contributed by atoms with van der Waals surface area (Å²) in [6, 6.07) is 4.59. The number of nitrogen functional groups attached to an aromatic ring is 1. The molecule has 2 aromatic heterocycles. The second-order valence-corrected chi connectivity index (χ2v) is 7.37. The van der Waals surface area contributed by atoms with Crippen LogP contribution < -0.4 is 11.1 Å². The molecule has 3 N–H and O–H groups in total. The van der Waals surface area contributed by atoms with Gasteiger partial charge in [-0.3, -0.25) is 0 Å². The highest BCUT2D eigenvalue weighted by atomic mass is 35.5. The second kappa shape index (κ2) is 7.14. The van der Waals surface area contributed by atoms with Crippen molar-refractivity contribution in [1.29, 1.82) is 0 Å². The Morgan fingerprint density at radius 2 is 2.24 bits per heavy atom. The van der Waals surface area contributed by atoms with Crippen molar-refractivity contribution in [3.63, 3.8) is 0 Å². The molecular weight excluding hydrogens is 343 g/mol. The Labute approximate surface area is 151 Å². The minimum atomic E-state index is -0.395. The van der Waals surface area contributed by atoms with Crippen molar-refractivity contribution in [2.24, 2.45) is 5.92 Å². The van der Waals surface area contributed by atoms with Gasteiger partial charge in [-0.1, -0.05) is 11.6 Å². The highest BCUT2D eigenvalue weighted by molar-refractivity contribution is 6.33. The van der Waals surface area contributed by atoms with Gasteiger partial charge in [-0.25, -0.2) is 14.4 Å². The number of nitrogens with two attached hydrogens (primary N) is 1. The molecule has 3 rings (SSSR count). The maximum Gasteiger partial charge on any atom is 0.165 e. The first-order valence-corrected chi connectivity index (χ1v) is 8.67. The summed E-state index contributed by atoms with van der Waals surface area (Å²) < 4.78 is 19.9. The van der Waals surface area contributed by atoms with Gasteiger partial charge in [0.15, 0.2) is 11.6 Å². The Kier molecular flexibility index (Phi) is 5.11. The van der Waals surface area contributed by atoms with Crippen LogP contribution in [0.4, 0.5) is 16.0 Å². The van der Waals surface area contributed by atoms with Crippen molar-refractivity contribution in [3.8, 4) is 11.3 Å². The van der Waals surface area contributed by atoms with Crippen molar-refractivity contribution in [1.82, 2.24) is 9.97 Å². The van der Waals surface area contributed by atoms with E-state index >= 15 is 0 Å². The second-order valence-electron chi connectivity index (χ2n) is 6.96. The zero-order chi connectivity index (χ0) is 18.0. The summed E-state index contributed by atoms with van der Waals surface area (Å²) in [5.41, 5.74) is 6.76. The van der Waals surface area contributed by atoms with E-state index in [4.69, 9.17) is 22.1 Å². The topological polar surface area (TPSA) is 73.1 Å². The maximum atomic E-state index is 14.2. The van der Waals surface area contributed by atoms with Gasteiger partial charge in [0.1, 0.15) is 5.82 Å². The molecule has 2 aromatic rings. The molecule has 1 unspecified atom stereocenters. The van der Waals surface area contributed by atoms with E-state index in [0.717, 1.165) is 19.4 Å². The zero-order valence-electron chi connectivity index (χ0n) is 14.4. The number of nitrogens with zero attached hydrogens (tertiary/aromatic N) is 2. The van der Waals surface area contributed by atoms with E-state index in [0.29, 0.717) is 34.6 Å². The van der Waals surface area contributed by atoms with Crippen molar-refractivity contribution < 1.29 is 9.13 Å². The fourth-order valence-electron chi connectivity index (χ4n) is 3.14. The van der Waals surface area contributed by atoms with Crippen LogP contribution in [0.2, 0.25) is 5.02 Å². The molecular formula is C18H22ClFN4O. The Bertz CT molecular complexity index is 769. The Morgan fingerprint density at radius 3 is 3.00 bits per heavy atom. The normalized spacial score (nSPS) is 19.6. The molecule has 1 aliphatic rings. The summed E-state index contributed by atoms with van der Waals surface area (Å²) in [6.07, 6.45) is 3.34. The lowest BCUT2D eigenvalue weighted by atomic mass is 9.88. The van der Waals surface area contributed by atoms with Crippen LogP contribution in [-0.4, -0.2) is 28.7 Å². The van der Waals surface area contributed by atoms with Crippen molar-refractivity contribution in [2.75, 3.05) is 24.2 Å². The van der Waals surface area contributed by atoms with E-state index < -0.39 is 5.82 Å². The number of pyridine rings is 2. The molecule has 0 saturated carbocycles. The first-order chi connectivity index (χ1) is 11.8. The van der Waals surface area contributed by atoms with Gasteiger partial charge in [-0.15, -0.1) is 0 Å². The van der Waals surface area contributed by atoms with Crippen molar-refractivity contribution >= 4 is 23.2 Å². The van der Waals surface area contributed by atoms with E-state index in [-0.39, 0.29) is 11.4 Å². The molecule has 0 amide bonds. The largest absolute Gasteiger partial charge is 0.384 e. The number of aromatic nitrogens is 2. The summed E-state index contributed by atoms with van der Waals surface area (Å²) in [6.45, 7) is 5.52. The monoisotopic (exact) mass is 364 g/mol. The van der Waals surface area contributed by atoms with Gasteiger partial charge in [0.2, 0.25) is 0 Å². The average molecular weight is 365 g/mol. The van der Waals surface area contributed by atoms with Crippen LogP contribution in [0.15, 0.2) is 24.4 Å². The van der Waals surface area contributed by atoms with Crippen LogP contribution in [0, 0.1) is 11.7 Å². The third-order valence-corrected chi connectivity index (χ3v) is 4.66. The quantitative estimate of drug-likeness (QED) is 0.853. The van der Waals surface area contributed by atoms with Crippen LogP contribution in [-0.2, 0) is 4.74 Å². The summed E-state index contributed by atoms with van der Waals surface area (Å²) in [4.78, 5) is 8.31. The summed E-state index contributed by atoms with van der Waals surface area (Å²) in [5, 5.41) is 3.55. The lowest BCUT2D eigenvalue weighted by Crippen LogP contribution is -2.36. The molecule has 1 fully saturated rings. The molecule has 0 aliphatic carbocycles. The molecule has 1 aliphatic heterocycles. The highest BCUT2D eigenvalue weighted by Crippen LogP contribution is 2.30. The Hall–Kier alpha value is -1.92. The lowest BCUT2D eigenvalue weighted by Gasteiger charge is -2.35. The molecule has 0 bridgehead atoms. The minimum Gasteiger partial charge on any atom is -0.384 e. The Balaban J connectivity index is 1.77. The highest BCUT2D eigenvalue weighted by Gasteiger charge is 2.28. The van der Waals surface area contributed by atoms with Crippen LogP contribution in [0.5, 0.6) is 0 Å². The fourth-order valence-corrected chi connectivity index (χ4v) is 3.34. The molecule has 0 spiro atoms. The molecule has 25 heavy (non-hydrogen) atoms. The van der Waals surface area contributed by atoms with Crippen LogP contribution >= 0.6 is 11.6 Å². The fraction of sp³-hybridized carbons (Fsp3) is 0.444. The number of rotatable bonds is 4. The molecule has 1 saturated heterocycles. The first-order valence-electron chi connectivity index (χ1n) is 8.30. The number of anilines is 2. The standard InChI is InChI=1S/C18H22ClFN4O/c1-18(2)8-11(5-6-25-18)9-23-17-14(20)3-4-15(24-17)12-7-16(21)22-10-13(12)19/h3-4,7,10-11H,5-6,8-9H2,1-2H3,(H2,21,22)(H,23,24). The van der Waals surface area contributed by atoms with Gasteiger partial charge in [0, 0.05) is 24.9 Å².